The van der Waals surface area contributed by atoms with Crippen molar-refractivity contribution in [1.82, 2.24) is 0 Å². The largest absolute Gasteiger partial charge is 0.327 e. The lowest BCUT2D eigenvalue weighted by molar-refractivity contribution is 0.343. The Labute approximate surface area is 89.8 Å². The first-order valence-electron chi connectivity index (χ1n) is 6.12. The summed E-state index contributed by atoms with van der Waals surface area (Å²) in [5.41, 5.74) is 6.18. The lowest BCUT2D eigenvalue weighted by atomic mass is 9.88. The first-order chi connectivity index (χ1) is 6.76. The van der Waals surface area contributed by atoms with Crippen molar-refractivity contribution in [2.24, 2.45) is 11.7 Å². The van der Waals surface area contributed by atoms with E-state index in [1.807, 2.05) is 6.08 Å². The summed E-state index contributed by atoms with van der Waals surface area (Å²) in [5, 5.41) is 0. The molecule has 0 saturated heterocycles. The van der Waals surface area contributed by atoms with E-state index in [2.05, 4.69) is 20.4 Å². The van der Waals surface area contributed by atoms with Gasteiger partial charge in [0.25, 0.3) is 0 Å². The molecule has 2 N–H and O–H groups in total. The Hall–Kier alpha value is -0.300. The highest BCUT2D eigenvalue weighted by molar-refractivity contribution is 4.77. The van der Waals surface area contributed by atoms with Crippen molar-refractivity contribution < 1.29 is 0 Å². The second-order valence-electron chi connectivity index (χ2n) is 4.22. The van der Waals surface area contributed by atoms with Crippen molar-refractivity contribution in [3.63, 3.8) is 0 Å². The van der Waals surface area contributed by atoms with Gasteiger partial charge in [0.15, 0.2) is 0 Å². The number of hydrogen-bond donors (Lipinski definition) is 1. The minimum absolute atomic E-state index is 0.388. The second kappa shape index (κ2) is 9.26. The van der Waals surface area contributed by atoms with Crippen molar-refractivity contribution in [2.45, 2.75) is 64.8 Å². The van der Waals surface area contributed by atoms with Crippen LogP contribution >= 0.6 is 0 Å². The molecule has 0 aromatic rings. The fraction of sp³-hybridized carbons (Fsp3) is 0.846. The van der Waals surface area contributed by atoms with Crippen LogP contribution in [0.4, 0.5) is 0 Å². The van der Waals surface area contributed by atoms with E-state index in [9.17, 15) is 0 Å². The van der Waals surface area contributed by atoms with Crippen LogP contribution in [0, 0.1) is 5.92 Å². The van der Waals surface area contributed by atoms with Crippen molar-refractivity contribution in [3.8, 4) is 0 Å². The van der Waals surface area contributed by atoms with Crippen LogP contribution in [-0.4, -0.2) is 6.04 Å². The molecule has 0 saturated carbocycles. The van der Waals surface area contributed by atoms with E-state index in [4.69, 9.17) is 5.73 Å². The third-order valence-corrected chi connectivity index (χ3v) is 2.90. The summed E-state index contributed by atoms with van der Waals surface area (Å²) in [7, 11) is 0. The topological polar surface area (TPSA) is 26.0 Å². The quantitative estimate of drug-likeness (QED) is 0.558. The number of nitrogens with two attached hydrogens (primary N) is 1. The average Bonchev–Trinajstić information content (AvgIpc) is 2.20. The Morgan fingerprint density at radius 1 is 1.14 bits per heavy atom. The van der Waals surface area contributed by atoms with E-state index < -0.39 is 0 Å². The predicted octanol–water partition coefficient (Wildman–Crippen LogP) is 3.89. The second-order valence-corrected chi connectivity index (χ2v) is 4.22. The molecule has 0 aliphatic carbocycles. The Bertz CT molecular complexity index is 131. The Kier molecular flexibility index (Phi) is 9.06. The minimum atomic E-state index is 0.388. The normalized spacial score (nSPS) is 15.1. The zero-order valence-corrected chi connectivity index (χ0v) is 9.97. The highest BCUT2D eigenvalue weighted by atomic mass is 14.6. The van der Waals surface area contributed by atoms with Crippen LogP contribution in [0.3, 0.4) is 0 Å². The SMILES string of the molecule is C=CCC[C@H](N)[C@@H](CCC)CCCC. The van der Waals surface area contributed by atoms with Crippen LogP contribution in [0.25, 0.3) is 0 Å². The van der Waals surface area contributed by atoms with Gasteiger partial charge in [-0.25, -0.2) is 0 Å². The van der Waals surface area contributed by atoms with Gasteiger partial charge in [-0.2, -0.15) is 0 Å². The van der Waals surface area contributed by atoms with Gasteiger partial charge in [-0.1, -0.05) is 39.2 Å². The lowest BCUT2D eigenvalue weighted by Crippen LogP contribution is -2.29. The van der Waals surface area contributed by atoms with Gasteiger partial charge >= 0.3 is 0 Å². The molecule has 0 aromatic heterocycles. The molecule has 0 aliphatic heterocycles. The van der Waals surface area contributed by atoms with Gasteiger partial charge in [0.05, 0.1) is 0 Å². The van der Waals surface area contributed by atoms with E-state index in [0.29, 0.717) is 6.04 Å². The molecule has 0 spiro atoms. The molecule has 2 atom stereocenters. The van der Waals surface area contributed by atoms with Crippen LogP contribution in [0.1, 0.15) is 58.8 Å². The lowest BCUT2D eigenvalue weighted by Gasteiger charge is -2.23. The van der Waals surface area contributed by atoms with Crippen LogP contribution in [-0.2, 0) is 0 Å². The molecule has 0 aliphatic rings. The summed E-state index contributed by atoms with van der Waals surface area (Å²) in [6.07, 6.45) is 10.6. The monoisotopic (exact) mass is 197 g/mol. The molecule has 0 bridgehead atoms. The first-order valence-corrected chi connectivity index (χ1v) is 6.12. The van der Waals surface area contributed by atoms with Gasteiger partial charge in [-0.05, 0) is 31.6 Å². The number of unbranched alkanes of at least 4 members (excludes halogenated alkanes) is 1. The highest BCUT2D eigenvalue weighted by Crippen LogP contribution is 2.20. The van der Waals surface area contributed by atoms with Crippen molar-refractivity contribution >= 4 is 0 Å². The Morgan fingerprint density at radius 3 is 2.36 bits per heavy atom. The molecule has 1 heteroatoms. The Morgan fingerprint density at radius 2 is 1.86 bits per heavy atom. The summed E-state index contributed by atoms with van der Waals surface area (Å²) >= 11 is 0. The van der Waals surface area contributed by atoms with Crippen LogP contribution in [0.5, 0.6) is 0 Å². The molecule has 0 amide bonds. The molecule has 84 valence electrons. The van der Waals surface area contributed by atoms with E-state index in [1.54, 1.807) is 0 Å². The molecule has 0 fully saturated rings. The van der Waals surface area contributed by atoms with Gasteiger partial charge in [0, 0.05) is 6.04 Å². The fourth-order valence-corrected chi connectivity index (χ4v) is 1.96. The van der Waals surface area contributed by atoms with E-state index in [0.717, 1.165) is 18.8 Å². The van der Waals surface area contributed by atoms with Crippen molar-refractivity contribution in [3.05, 3.63) is 12.7 Å². The summed E-state index contributed by atoms with van der Waals surface area (Å²) in [4.78, 5) is 0. The van der Waals surface area contributed by atoms with Crippen LogP contribution in [0.2, 0.25) is 0 Å². The zero-order chi connectivity index (χ0) is 10.8. The molecule has 0 heterocycles. The molecule has 1 nitrogen and oxygen atoms in total. The van der Waals surface area contributed by atoms with Gasteiger partial charge < -0.3 is 5.73 Å². The van der Waals surface area contributed by atoms with E-state index >= 15 is 0 Å². The molecule has 0 rings (SSSR count). The third-order valence-electron chi connectivity index (χ3n) is 2.90. The first kappa shape index (κ1) is 13.7. The average molecular weight is 197 g/mol. The standard InChI is InChI=1S/C13H27N/c1-4-7-10-12(9-6-3)13(14)11-8-5-2/h5,12-13H,2,4,6-11,14H2,1,3H3/t12-,13-/m0/s1. The predicted molar refractivity (Wildman–Crippen MR) is 65.3 cm³/mol. The van der Waals surface area contributed by atoms with Gasteiger partial charge in [0.1, 0.15) is 0 Å². The molecular weight excluding hydrogens is 170 g/mol. The van der Waals surface area contributed by atoms with E-state index in [1.165, 1.54) is 32.1 Å². The van der Waals surface area contributed by atoms with Crippen molar-refractivity contribution in [2.75, 3.05) is 0 Å². The molecule has 14 heavy (non-hydrogen) atoms. The summed E-state index contributed by atoms with van der Waals surface area (Å²) in [6, 6.07) is 0.388. The number of rotatable bonds is 9. The maximum atomic E-state index is 6.18. The molecule has 0 aromatic carbocycles. The number of hydrogen-bond acceptors (Lipinski definition) is 1. The van der Waals surface area contributed by atoms with Gasteiger partial charge in [-0.3, -0.25) is 0 Å². The third kappa shape index (κ3) is 6.20. The smallest absolute Gasteiger partial charge is 0.00701 e. The maximum absolute atomic E-state index is 6.18. The molecule has 0 unspecified atom stereocenters. The van der Waals surface area contributed by atoms with Gasteiger partial charge in [0.2, 0.25) is 0 Å². The number of allylic oxidation sites excluding steroid dienone is 1. The summed E-state index contributed by atoms with van der Waals surface area (Å²) < 4.78 is 0. The van der Waals surface area contributed by atoms with Crippen molar-refractivity contribution in [1.29, 1.82) is 0 Å². The fourth-order valence-electron chi connectivity index (χ4n) is 1.96. The Balaban J connectivity index is 3.82. The van der Waals surface area contributed by atoms with E-state index in [-0.39, 0.29) is 0 Å². The zero-order valence-electron chi connectivity index (χ0n) is 9.97. The summed E-state index contributed by atoms with van der Waals surface area (Å²) in [5.74, 6) is 0.736. The maximum Gasteiger partial charge on any atom is 0.00701 e. The van der Waals surface area contributed by atoms with Crippen LogP contribution in [0.15, 0.2) is 12.7 Å². The minimum Gasteiger partial charge on any atom is -0.327 e. The van der Waals surface area contributed by atoms with Gasteiger partial charge in [-0.15, -0.1) is 6.58 Å². The van der Waals surface area contributed by atoms with Crippen LogP contribution < -0.4 is 5.73 Å². The summed E-state index contributed by atoms with van der Waals surface area (Å²) in [6.45, 7) is 8.24. The highest BCUT2D eigenvalue weighted by Gasteiger charge is 2.15. The molecular formula is C13H27N. The molecule has 0 radical (unpaired) electrons.